The zero-order chi connectivity index (χ0) is 15.4. The van der Waals surface area contributed by atoms with Crippen LogP contribution in [0.1, 0.15) is 12.6 Å². The predicted molar refractivity (Wildman–Crippen MR) is 78.4 cm³/mol. The van der Waals surface area contributed by atoms with Crippen molar-refractivity contribution in [1.29, 1.82) is 0 Å². The van der Waals surface area contributed by atoms with Crippen LogP contribution in [-0.4, -0.2) is 54.3 Å². The SMILES string of the molecule is C[C@@]1(F)[C@H](O)[C@@H](CO)O[C@@]1(I)c1cnc2c(N)ncnn12. The van der Waals surface area contributed by atoms with E-state index in [1.54, 1.807) is 22.6 Å². The molecule has 0 saturated carbocycles. The maximum absolute atomic E-state index is 15.1. The molecule has 0 aromatic carbocycles. The molecule has 1 aliphatic rings. The number of hydrogen-bond donors (Lipinski definition) is 3. The number of anilines is 1. The van der Waals surface area contributed by atoms with Crippen molar-refractivity contribution >= 4 is 34.1 Å². The summed E-state index contributed by atoms with van der Waals surface area (Å²) < 4.78 is 20.4. The van der Waals surface area contributed by atoms with Gasteiger partial charge in [-0.05, 0) is 29.5 Å². The zero-order valence-electron chi connectivity index (χ0n) is 10.9. The Morgan fingerprint density at radius 2 is 2.29 bits per heavy atom. The molecular formula is C11H13FIN5O3. The topological polar surface area (TPSA) is 119 Å². The Balaban J connectivity index is 2.19. The number of alkyl halides is 2. The predicted octanol–water partition coefficient (Wildman–Crippen LogP) is -0.226. The maximum atomic E-state index is 15.1. The van der Waals surface area contributed by atoms with Crippen LogP contribution in [-0.2, 0) is 8.34 Å². The minimum Gasteiger partial charge on any atom is -0.394 e. The fourth-order valence-electron chi connectivity index (χ4n) is 2.43. The van der Waals surface area contributed by atoms with Crippen molar-refractivity contribution in [3.05, 3.63) is 18.2 Å². The summed E-state index contributed by atoms with van der Waals surface area (Å²) in [5.41, 5.74) is 4.08. The summed E-state index contributed by atoms with van der Waals surface area (Å²) in [5.74, 6) is 0.147. The van der Waals surface area contributed by atoms with Crippen molar-refractivity contribution in [2.24, 2.45) is 0 Å². The second-order valence-corrected chi connectivity index (χ2v) is 6.50. The molecule has 4 N–H and O–H groups in total. The van der Waals surface area contributed by atoms with E-state index in [0.29, 0.717) is 0 Å². The molecule has 0 aliphatic carbocycles. The Morgan fingerprint density at radius 1 is 1.57 bits per heavy atom. The van der Waals surface area contributed by atoms with Gasteiger partial charge in [-0.2, -0.15) is 5.10 Å². The van der Waals surface area contributed by atoms with Gasteiger partial charge in [0.15, 0.2) is 20.7 Å². The fourth-order valence-corrected chi connectivity index (χ4v) is 3.44. The summed E-state index contributed by atoms with van der Waals surface area (Å²) in [4.78, 5) is 7.88. The molecule has 114 valence electrons. The van der Waals surface area contributed by atoms with E-state index >= 15 is 4.39 Å². The van der Waals surface area contributed by atoms with Gasteiger partial charge in [-0.1, -0.05) is 0 Å². The first-order chi connectivity index (χ1) is 9.83. The fraction of sp³-hybridized carbons (Fsp3) is 0.545. The maximum Gasteiger partial charge on any atom is 0.199 e. The lowest BCUT2D eigenvalue weighted by Gasteiger charge is -2.31. The molecule has 0 unspecified atom stereocenters. The van der Waals surface area contributed by atoms with Crippen LogP contribution in [0.4, 0.5) is 10.2 Å². The number of rotatable bonds is 2. The van der Waals surface area contributed by atoms with Gasteiger partial charge < -0.3 is 20.7 Å². The lowest BCUT2D eigenvalue weighted by atomic mass is 9.93. The third kappa shape index (κ3) is 1.86. The summed E-state index contributed by atoms with van der Waals surface area (Å²) in [7, 11) is 0. The molecule has 0 radical (unpaired) electrons. The van der Waals surface area contributed by atoms with E-state index in [1.165, 1.54) is 24.0 Å². The van der Waals surface area contributed by atoms with E-state index < -0.39 is 28.1 Å². The molecule has 8 nitrogen and oxygen atoms in total. The monoisotopic (exact) mass is 409 g/mol. The van der Waals surface area contributed by atoms with Gasteiger partial charge in [0.25, 0.3) is 0 Å². The van der Waals surface area contributed by atoms with Crippen LogP contribution in [0.25, 0.3) is 5.65 Å². The van der Waals surface area contributed by atoms with Gasteiger partial charge in [-0.25, -0.2) is 18.9 Å². The molecule has 21 heavy (non-hydrogen) atoms. The molecular weight excluding hydrogens is 396 g/mol. The summed E-state index contributed by atoms with van der Waals surface area (Å²) in [6.07, 6.45) is 0.0699. The lowest BCUT2D eigenvalue weighted by molar-refractivity contribution is -0.0351. The van der Waals surface area contributed by atoms with Crippen LogP contribution in [0.2, 0.25) is 0 Å². The highest BCUT2D eigenvalue weighted by Gasteiger charge is 2.65. The largest absolute Gasteiger partial charge is 0.394 e. The van der Waals surface area contributed by atoms with Gasteiger partial charge in [0.2, 0.25) is 0 Å². The van der Waals surface area contributed by atoms with Gasteiger partial charge in [-0.15, -0.1) is 0 Å². The average molecular weight is 409 g/mol. The van der Waals surface area contributed by atoms with Crippen LogP contribution >= 0.6 is 22.6 Å². The number of aromatic nitrogens is 4. The standard InChI is InChI=1S/C11H13FIN5O3/c1-10(12)7(20)5(3-19)21-11(10,13)6-2-15-9-8(14)16-4-17-18(6)9/h2,4-5,7,19-20H,3H2,1H3,(H2,14,16,17)/t5-,7-,10-,11+/m1/s1. The van der Waals surface area contributed by atoms with Crippen LogP contribution in [0.5, 0.6) is 0 Å². The summed E-state index contributed by atoms with van der Waals surface area (Å²) in [6.45, 7) is 0.711. The minimum atomic E-state index is -2.16. The van der Waals surface area contributed by atoms with Gasteiger partial charge in [0, 0.05) is 0 Å². The van der Waals surface area contributed by atoms with Gasteiger partial charge >= 0.3 is 0 Å². The first-order valence-electron chi connectivity index (χ1n) is 6.12. The second kappa shape index (κ2) is 4.69. The lowest BCUT2D eigenvalue weighted by Crippen LogP contribution is -2.45. The number of nitrogens with two attached hydrogens (primary N) is 1. The van der Waals surface area contributed by atoms with Gasteiger partial charge in [0.1, 0.15) is 24.2 Å². The van der Waals surface area contributed by atoms with E-state index in [4.69, 9.17) is 10.5 Å². The molecule has 1 fully saturated rings. The van der Waals surface area contributed by atoms with Crippen molar-refractivity contribution in [3.8, 4) is 0 Å². The molecule has 3 heterocycles. The van der Waals surface area contributed by atoms with Crippen LogP contribution in [0, 0.1) is 0 Å². The first kappa shape index (κ1) is 14.8. The van der Waals surface area contributed by atoms with Crippen molar-refractivity contribution < 1.29 is 19.3 Å². The van der Waals surface area contributed by atoms with E-state index in [2.05, 4.69) is 15.1 Å². The molecule has 4 atom stereocenters. The number of nitrogens with zero attached hydrogens (tertiary/aromatic N) is 4. The van der Waals surface area contributed by atoms with E-state index in [9.17, 15) is 10.2 Å². The Kier molecular flexibility index (Phi) is 3.31. The van der Waals surface area contributed by atoms with Crippen LogP contribution in [0.3, 0.4) is 0 Å². The number of hydrogen-bond acceptors (Lipinski definition) is 7. The molecule has 10 heteroatoms. The number of nitrogen functional groups attached to an aromatic ring is 1. The highest BCUT2D eigenvalue weighted by Crippen LogP contribution is 2.53. The Bertz CT molecular complexity index is 696. The van der Waals surface area contributed by atoms with Crippen molar-refractivity contribution in [2.75, 3.05) is 12.3 Å². The smallest absolute Gasteiger partial charge is 0.199 e. The average Bonchev–Trinajstić information content (AvgIpc) is 2.95. The molecule has 1 aliphatic heterocycles. The van der Waals surface area contributed by atoms with Crippen LogP contribution < -0.4 is 5.73 Å². The van der Waals surface area contributed by atoms with E-state index in [-0.39, 0.29) is 17.2 Å². The number of aliphatic hydroxyl groups excluding tert-OH is 2. The molecule has 0 bridgehead atoms. The third-order valence-corrected chi connectivity index (χ3v) is 5.55. The van der Waals surface area contributed by atoms with Crippen molar-refractivity contribution in [1.82, 2.24) is 19.6 Å². The summed E-state index contributed by atoms with van der Waals surface area (Å²) >= 11 is 1.75. The highest BCUT2D eigenvalue weighted by atomic mass is 127. The molecule has 0 spiro atoms. The Hall–Kier alpha value is -1.11. The van der Waals surface area contributed by atoms with E-state index in [1.807, 2.05) is 0 Å². The molecule has 2 aromatic heterocycles. The van der Waals surface area contributed by atoms with E-state index in [0.717, 1.165) is 0 Å². The number of fused-ring (bicyclic) bond motifs is 1. The first-order valence-corrected chi connectivity index (χ1v) is 7.20. The summed E-state index contributed by atoms with van der Waals surface area (Å²) in [5, 5.41) is 23.3. The number of halogens is 2. The van der Waals surface area contributed by atoms with Gasteiger partial charge in [-0.3, -0.25) is 0 Å². The number of imidazole rings is 1. The van der Waals surface area contributed by atoms with Crippen LogP contribution in [0.15, 0.2) is 12.5 Å². The number of ether oxygens (including phenoxy) is 1. The number of aliphatic hydroxyl groups is 2. The Morgan fingerprint density at radius 3 is 2.90 bits per heavy atom. The molecule has 2 aromatic rings. The van der Waals surface area contributed by atoms with Gasteiger partial charge in [0.05, 0.1) is 12.8 Å². The van der Waals surface area contributed by atoms with Crippen molar-refractivity contribution in [3.63, 3.8) is 0 Å². The highest BCUT2D eigenvalue weighted by molar-refractivity contribution is 14.1. The molecule has 0 amide bonds. The third-order valence-electron chi connectivity index (χ3n) is 3.69. The second-order valence-electron chi connectivity index (χ2n) is 4.98. The van der Waals surface area contributed by atoms with Crippen molar-refractivity contribution in [2.45, 2.75) is 28.4 Å². The quantitative estimate of drug-likeness (QED) is 0.464. The molecule has 1 saturated heterocycles. The minimum absolute atomic E-state index is 0.147. The normalized spacial score (nSPS) is 36.4. The Labute approximate surface area is 132 Å². The zero-order valence-corrected chi connectivity index (χ0v) is 13.1. The summed E-state index contributed by atoms with van der Waals surface area (Å²) in [6, 6.07) is 0. The molecule has 3 rings (SSSR count).